The van der Waals surface area contributed by atoms with Gasteiger partial charge in [-0.15, -0.1) is 0 Å². The van der Waals surface area contributed by atoms with Crippen LogP contribution < -0.4 is 0 Å². The first-order chi connectivity index (χ1) is 5.52. The summed E-state index contributed by atoms with van der Waals surface area (Å²) in [7, 11) is 0. The zero-order valence-electron chi connectivity index (χ0n) is 5.93. The predicted octanol–water partition coefficient (Wildman–Crippen LogP) is 1.04. The van der Waals surface area contributed by atoms with Gasteiger partial charge in [0.15, 0.2) is 0 Å². The average molecular weight is 181 g/mol. The Morgan fingerprint density at radius 1 is 1.33 bits per heavy atom. The number of hydrogen-bond donors (Lipinski definition) is 1. The summed E-state index contributed by atoms with van der Waals surface area (Å²) in [5, 5.41) is 8.32. The Labute approximate surface area is 66.1 Å². The second-order valence-corrected chi connectivity index (χ2v) is 2.49. The third-order valence-electron chi connectivity index (χ3n) is 1.66. The lowest BCUT2D eigenvalue weighted by Crippen LogP contribution is -2.48. The Hall–Kier alpha value is -1.20. The number of carbonyl (C=O) groups is 1. The summed E-state index contributed by atoms with van der Waals surface area (Å²) in [6.45, 7) is -0.364. The van der Waals surface area contributed by atoms with E-state index in [1.807, 2.05) is 0 Å². The van der Waals surface area contributed by atoms with Crippen molar-refractivity contribution in [1.82, 2.24) is 4.90 Å². The van der Waals surface area contributed by atoms with E-state index in [0.29, 0.717) is 4.90 Å². The van der Waals surface area contributed by atoms with E-state index in [1.165, 1.54) is 0 Å². The van der Waals surface area contributed by atoms with Crippen LogP contribution in [-0.2, 0) is 4.79 Å². The Morgan fingerprint density at radius 3 is 2.17 bits per heavy atom. The van der Waals surface area contributed by atoms with Crippen molar-refractivity contribution in [3.05, 3.63) is 12.0 Å². The SMILES string of the molecule is O=C(O)C1CN(C(F)=C(F)F)C1. The van der Waals surface area contributed by atoms with Crippen molar-refractivity contribution in [3.8, 4) is 0 Å². The standard InChI is InChI=1S/C6H6F3NO2/c7-4(8)5(9)10-1-3(2-10)6(11)12/h3H,1-2H2,(H,11,12). The summed E-state index contributed by atoms with van der Waals surface area (Å²) < 4.78 is 35.4. The van der Waals surface area contributed by atoms with Gasteiger partial charge in [-0.1, -0.05) is 0 Å². The molecule has 0 aliphatic carbocycles. The summed E-state index contributed by atoms with van der Waals surface area (Å²) in [4.78, 5) is 10.9. The second kappa shape index (κ2) is 3.04. The zero-order valence-corrected chi connectivity index (χ0v) is 5.93. The number of halogens is 3. The number of likely N-dealkylation sites (tertiary alicyclic amines) is 1. The van der Waals surface area contributed by atoms with Crippen LogP contribution in [0.5, 0.6) is 0 Å². The molecule has 0 amide bonds. The van der Waals surface area contributed by atoms with Gasteiger partial charge in [0.1, 0.15) is 0 Å². The highest BCUT2D eigenvalue weighted by Crippen LogP contribution is 2.24. The molecule has 0 bridgehead atoms. The van der Waals surface area contributed by atoms with Gasteiger partial charge in [0.05, 0.1) is 5.92 Å². The normalized spacial score (nSPS) is 17.1. The van der Waals surface area contributed by atoms with Gasteiger partial charge < -0.3 is 10.0 Å². The molecule has 68 valence electrons. The molecule has 1 N–H and O–H groups in total. The van der Waals surface area contributed by atoms with Crippen LogP contribution in [-0.4, -0.2) is 29.1 Å². The van der Waals surface area contributed by atoms with Crippen LogP contribution in [0, 0.1) is 5.92 Å². The molecular formula is C6H6F3NO2. The molecule has 6 heteroatoms. The topological polar surface area (TPSA) is 40.5 Å². The van der Waals surface area contributed by atoms with E-state index >= 15 is 0 Å². The largest absolute Gasteiger partial charge is 0.481 e. The van der Waals surface area contributed by atoms with E-state index in [1.54, 1.807) is 0 Å². The smallest absolute Gasteiger partial charge is 0.322 e. The number of rotatable bonds is 2. The fourth-order valence-electron chi connectivity index (χ4n) is 0.915. The van der Waals surface area contributed by atoms with Crippen molar-refractivity contribution < 1.29 is 23.1 Å². The van der Waals surface area contributed by atoms with Gasteiger partial charge >= 0.3 is 12.0 Å². The number of aliphatic carboxylic acids is 1. The van der Waals surface area contributed by atoms with Gasteiger partial charge in [0.25, 0.3) is 5.95 Å². The minimum absolute atomic E-state index is 0.182. The van der Waals surface area contributed by atoms with Gasteiger partial charge in [0.2, 0.25) is 0 Å². The van der Waals surface area contributed by atoms with Crippen LogP contribution in [0.15, 0.2) is 12.0 Å². The molecule has 12 heavy (non-hydrogen) atoms. The predicted molar refractivity (Wildman–Crippen MR) is 33.0 cm³/mol. The minimum atomic E-state index is -2.40. The third kappa shape index (κ3) is 1.51. The highest BCUT2D eigenvalue weighted by molar-refractivity contribution is 5.71. The summed E-state index contributed by atoms with van der Waals surface area (Å²) in [5.74, 6) is -3.43. The van der Waals surface area contributed by atoms with E-state index in [-0.39, 0.29) is 13.1 Å². The molecule has 0 radical (unpaired) electrons. The maximum atomic E-state index is 12.3. The van der Waals surface area contributed by atoms with Gasteiger partial charge in [-0.3, -0.25) is 4.79 Å². The number of carboxylic acid groups (broad SMARTS) is 1. The zero-order chi connectivity index (χ0) is 9.30. The van der Waals surface area contributed by atoms with Crippen molar-refractivity contribution in [2.75, 3.05) is 13.1 Å². The van der Waals surface area contributed by atoms with Crippen molar-refractivity contribution in [3.63, 3.8) is 0 Å². The van der Waals surface area contributed by atoms with Crippen molar-refractivity contribution in [1.29, 1.82) is 0 Å². The lowest BCUT2D eigenvalue weighted by atomic mass is 10.0. The van der Waals surface area contributed by atoms with E-state index in [9.17, 15) is 18.0 Å². The number of nitrogens with zero attached hydrogens (tertiary/aromatic N) is 1. The minimum Gasteiger partial charge on any atom is -0.481 e. The molecule has 1 heterocycles. The molecule has 1 saturated heterocycles. The first-order valence-electron chi connectivity index (χ1n) is 3.21. The van der Waals surface area contributed by atoms with Crippen molar-refractivity contribution in [2.45, 2.75) is 0 Å². The van der Waals surface area contributed by atoms with E-state index in [4.69, 9.17) is 5.11 Å². The van der Waals surface area contributed by atoms with Crippen molar-refractivity contribution in [2.24, 2.45) is 5.92 Å². The van der Waals surface area contributed by atoms with E-state index < -0.39 is 23.9 Å². The van der Waals surface area contributed by atoms with Crippen LogP contribution in [0.3, 0.4) is 0 Å². The van der Waals surface area contributed by atoms with Gasteiger partial charge in [-0.25, -0.2) is 0 Å². The quantitative estimate of drug-likeness (QED) is 0.647. The molecule has 0 atom stereocenters. The maximum Gasteiger partial charge on any atom is 0.322 e. The molecule has 0 aromatic heterocycles. The first kappa shape index (κ1) is 8.89. The highest BCUT2D eigenvalue weighted by Gasteiger charge is 2.35. The van der Waals surface area contributed by atoms with Gasteiger partial charge in [-0.2, -0.15) is 13.2 Å². The molecular weight excluding hydrogens is 175 g/mol. The van der Waals surface area contributed by atoms with Crippen LogP contribution in [0.2, 0.25) is 0 Å². The maximum absolute atomic E-state index is 12.3. The lowest BCUT2D eigenvalue weighted by molar-refractivity contribution is -0.147. The highest BCUT2D eigenvalue weighted by atomic mass is 19.3. The monoisotopic (exact) mass is 181 g/mol. The fraction of sp³-hybridized carbons (Fsp3) is 0.500. The third-order valence-corrected chi connectivity index (χ3v) is 1.66. The Kier molecular flexibility index (Phi) is 2.25. The van der Waals surface area contributed by atoms with Crippen LogP contribution in [0.1, 0.15) is 0 Å². The number of carboxylic acids is 1. The molecule has 0 aromatic rings. The summed E-state index contributed by atoms with van der Waals surface area (Å²) in [6, 6.07) is 0. The van der Waals surface area contributed by atoms with Crippen molar-refractivity contribution >= 4 is 5.97 Å². The van der Waals surface area contributed by atoms with Gasteiger partial charge in [0, 0.05) is 13.1 Å². The second-order valence-electron chi connectivity index (χ2n) is 2.49. The van der Waals surface area contributed by atoms with Crippen LogP contribution >= 0.6 is 0 Å². The molecule has 1 fully saturated rings. The first-order valence-corrected chi connectivity index (χ1v) is 3.21. The Balaban J connectivity index is 2.45. The van der Waals surface area contributed by atoms with Gasteiger partial charge in [-0.05, 0) is 0 Å². The molecule has 1 aliphatic rings. The van der Waals surface area contributed by atoms with Crippen LogP contribution in [0.4, 0.5) is 13.2 Å². The Bertz CT molecular complexity index is 231. The summed E-state index contributed by atoms with van der Waals surface area (Å²) in [5.41, 5.74) is 0. The summed E-state index contributed by atoms with van der Waals surface area (Å²) in [6.07, 6.45) is -2.40. The Morgan fingerprint density at radius 2 is 1.83 bits per heavy atom. The van der Waals surface area contributed by atoms with E-state index in [2.05, 4.69) is 0 Å². The fourth-order valence-corrected chi connectivity index (χ4v) is 0.915. The molecule has 0 unspecified atom stereocenters. The molecule has 0 aromatic carbocycles. The summed E-state index contributed by atoms with van der Waals surface area (Å²) >= 11 is 0. The molecule has 1 rings (SSSR count). The number of hydrogen-bond acceptors (Lipinski definition) is 2. The molecule has 3 nitrogen and oxygen atoms in total. The van der Waals surface area contributed by atoms with Crippen LogP contribution in [0.25, 0.3) is 0 Å². The molecule has 0 saturated carbocycles. The molecule has 1 aliphatic heterocycles. The molecule has 0 spiro atoms. The average Bonchev–Trinajstić information content (AvgIpc) is 1.82. The van der Waals surface area contributed by atoms with E-state index in [0.717, 1.165) is 0 Å². The lowest BCUT2D eigenvalue weighted by Gasteiger charge is -2.36.